The van der Waals surface area contributed by atoms with Crippen molar-refractivity contribution >= 4 is 5.91 Å². The van der Waals surface area contributed by atoms with E-state index in [4.69, 9.17) is 5.73 Å². The van der Waals surface area contributed by atoms with E-state index >= 15 is 0 Å². The van der Waals surface area contributed by atoms with Gasteiger partial charge in [0, 0.05) is 26.2 Å². The van der Waals surface area contributed by atoms with Crippen LogP contribution in [0, 0.1) is 11.3 Å². The third-order valence-corrected chi connectivity index (χ3v) is 3.89. The van der Waals surface area contributed by atoms with Crippen molar-refractivity contribution in [3.8, 4) is 0 Å². The molecule has 114 valence electrons. The molecule has 0 heterocycles. The molecule has 0 aromatic heterocycles. The Kier molecular flexibility index (Phi) is 8.26. The van der Waals surface area contributed by atoms with Crippen LogP contribution >= 0.6 is 0 Å². The van der Waals surface area contributed by atoms with Crippen LogP contribution in [0.5, 0.6) is 0 Å². The molecule has 0 aliphatic carbocycles. The third kappa shape index (κ3) is 5.49. The van der Waals surface area contributed by atoms with Gasteiger partial charge in [-0.25, -0.2) is 0 Å². The maximum atomic E-state index is 12.8. The lowest BCUT2D eigenvalue weighted by atomic mass is 9.80. The minimum atomic E-state index is -0.374. The van der Waals surface area contributed by atoms with Crippen molar-refractivity contribution in [3.63, 3.8) is 0 Å². The average molecular weight is 271 g/mol. The number of likely N-dealkylation sites (N-methyl/N-ethyl adjacent to an activating group) is 1. The summed E-state index contributed by atoms with van der Waals surface area (Å²) < 4.78 is 0. The molecule has 2 N–H and O–H groups in total. The SMILES string of the molecule is CCC(CC)(CN)C(=O)N(CCN(C)C)CC(C)C. The van der Waals surface area contributed by atoms with Crippen LogP contribution in [0.25, 0.3) is 0 Å². The molecule has 0 aromatic rings. The van der Waals surface area contributed by atoms with E-state index in [1.54, 1.807) is 0 Å². The first kappa shape index (κ1) is 18.4. The van der Waals surface area contributed by atoms with Gasteiger partial charge in [0.15, 0.2) is 0 Å². The molecule has 0 radical (unpaired) electrons. The highest BCUT2D eigenvalue weighted by molar-refractivity contribution is 5.83. The van der Waals surface area contributed by atoms with Crippen molar-refractivity contribution in [3.05, 3.63) is 0 Å². The fraction of sp³-hybridized carbons (Fsp3) is 0.933. The molecule has 0 bridgehead atoms. The largest absolute Gasteiger partial charge is 0.341 e. The van der Waals surface area contributed by atoms with Gasteiger partial charge in [0.25, 0.3) is 0 Å². The summed E-state index contributed by atoms with van der Waals surface area (Å²) in [6.45, 7) is 11.4. The van der Waals surface area contributed by atoms with Gasteiger partial charge in [-0.15, -0.1) is 0 Å². The zero-order valence-electron chi connectivity index (χ0n) is 13.7. The van der Waals surface area contributed by atoms with Gasteiger partial charge in [0.1, 0.15) is 0 Å². The predicted molar refractivity (Wildman–Crippen MR) is 82.0 cm³/mol. The number of nitrogens with two attached hydrogens (primary N) is 1. The number of rotatable bonds is 9. The molecule has 0 aliphatic heterocycles. The molecule has 0 aromatic carbocycles. The second-order valence-electron chi connectivity index (χ2n) is 6.14. The lowest BCUT2D eigenvalue weighted by molar-refractivity contribution is -0.143. The van der Waals surface area contributed by atoms with Gasteiger partial charge in [-0.2, -0.15) is 0 Å². The van der Waals surface area contributed by atoms with Crippen LogP contribution in [0.1, 0.15) is 40.5 Å². The van der Waals surface area contributed by atoms with E-state index in [-0.39, 0.29) is 11.3 Å². The molecular weight excluding hydrogens is 238 g/mol. The average Bonchev–Trinajstić information content (AvgIpc) is 2.36. The van der Waals surface area contributed by atoms with Crippen LogP contribution in [0.2, 0.25) is 0 Å². The van der Waals surface area contributed by atoms with Crippen molar-refractivity contribution in [1.29, 1.82) is 0 Å². The molecule has 0 atom stereocenters. The minimum Gasteiger partial charge on any atom is -0.341 e. The molecule has 4 nitrogen and oxygen atoms in total. The predicted octanol–water partition coefficient (Wildman–Crippen LogP) is 1.80. The monoisotopic (exact) mass is 271 g/mol. The Morgan fingerprint density at radius 2 is 1.68 bits per heavy atom. The first-order valence-electron chi connectivity index (χ1n) is 7.47. The van der Waals surface area contributed by atoms with Crippen LogP contribution in [0.3, 0.4) is 0 Å². The summed E-state index contributed by atoms with van der Waals surface area (Å²) in [5, 5.41) is 0. The Hall–Kier alpha value is -0.610. The number of nitrogens with zero attached hydrogens (tertiary/aromatic N) is 2. The number of hydrogen-bond donors (Lipinski definition) is 1. The Morgan fingerprint density at radius 3 is 2.00 bits per heavy atom. The van der Waals surface area contributed by atoms with Crippen LogP contribution in [-0.4, -0.2) is 56.0 Å². The van der Waals surface area contributed by atoms with E-state index < -0.39 is 0 Å². The van der Waals surface area contributed by atoms with E-state index in [0.29, 0.717) is 12.5 Å². The van der Waals surface area contributed by atoms with Crippen molar-refractivity contribution in [2.24, 2.45) is 17.1 Å². The van der Waals surface area contributed by atoms with Gasteiger partial charge < -0.3 is 15.5 Å². The number of carbonyl (C=O) groups is 1. The summed E-state index contributed by atoms with van der Waals surface area (Å²) in [4.78, 5) is 17.0. The minimum absolute atomic E-state index is 0.232. The number of carbonyl (C=O) groups excluding carboxylic acids is 1. The quantitative estimate of drug-likeness (QED) is 0.695. The van der Waals surface area contributed by atoms with Gasteiger partial charge in [0.2, 0.25) is 5.91 Å². The zero-order valence-corrected chi connectivity index (χ0v) is 13.7. The molecule has 0 rings (SSSR count). The van der Waals surface area contributed by atoms with E-state index in [0.717, 1.165) is 32.5 Å². The van der Waals surface area contributed by atoms with Crippen LogP contribution in [0.4, 0.5) is 0 Å². The van der Waals surface area contributed by atoms with E-state index in [1.807, 2.05) is 19.0 Å². The van der Waals surface area contributed by atoms with E-state index in [1.165, 1.54) is 0 Å². The second kappa shape index (κ2) is 8.54. The summed E-state index contributed by atoms with van der Waals surface area (Å²) in [6.07, 6.45) is 1.63. The van der Waals surface area contributed by atoms with Gasteiger partial charge in [0.05, 0.1) is 5.41 Å². The highest BCUT2D eigenvalue weighted by Crippen LogP contribution is 2.28. The molecule has 0 spiro atoms. The first-order chi connectivity index (χ1) is 8.82. The second-order valence-corrected chi connectivity index (χ2v) is 6.14. The van der Waals surface area contributed by atoms with E-state index in [2.05, 4.69) is 32.6 Å². The van der Waals surface area contributed by atoms with Crippen LogP contribution in [-0.2, 0) is 4.79 Å². The standard InChI is InChI=1S/C15H33N3O/c1-7-15(8-2,12-16)14(19)18(11-13(3)4)10-9-17(5)6/h13H,7-12,16H2,1-6H3. The molecule has 0 aliphatic rings. The summed E-state index contributed by atoms with van der Waals surface area (Å²) in [5.41, 5.74) is 5.52. The molecule has 1 amide bonds. The van der Waals surface area contributed by atoms with Crippen molar-refractivity contribution in [2.75, 3.05) is 40.3 Å². The summed E-state index contributed by atoms with van der Waals surface area (Å²) >= 11 is 0. The van der Waals surface area contributed by atoms with Crippen LogP contribution in [0.15, 0.2) is 0 Å². The molecular formula is C15H33N3O. The van der Waals surface area contributed by atoms with Crippen molar-refractivity contribution in [1.82, 2.24) is 9.80 Å². The normalized spacial score (nSPS) is 12.3. The smallest absolute Gasteiger partial charge is 0.230 e. The third-order valence-electron chi connectivity index (χ3n) is 3.89. The van der Waals surface area contributed by atoms with Gasteiger partial charge in [-0.3, -0.25) is 4.79 Å². The van der Waals surface area contributed by atoms with Gasteiger partial charge in [-0.05, 0) is 32.9 Å². The Labute approximate surface area is 119 Å². The highest BCUT2D eigenvalue weighted by atomic mass is 16.2. The fourth-order valence-corrected chi connectivity index (χ4v) is 2.30. The molecule has 0 fully saturated rings. The maximum Gasteiger partial charge on any atom is 0.230 e. The fourth-order valence-electron chi connectivity index (χ4n) is 2.30. The molecule has 4 heteroatoms. The first-order valence-corrected chi connectivity index (χ1v) is 7.47. The van der Waals surface area contributed by atoms with Gasteiger partial charge >= 0.3 is 0 Å². The van der Waals surface area contributed by atoms with Crippen molar-refractivity contribution < 1.29 is 4.79 Å². The maximum absolute atomic E-state index is 12.8. The van der Waals surface area contributed by atoms with Crippen LogP contribution < -0.4 is 5.73 Å². The molecule has 0 unspecified atom stereocenters. The van der Waals surface area contributed by atoms with Crippen molar-refractivity contribution in [2.45, 2.75) is 40.5 Å². The lowest BCUT2D eigenvalue weighted by Crippen LogP contribution is -2.50. The molecule has 0 saturated heterocycles. The molecule has 0 saturated carbocycles. The molecule has 19 heavy (non-hydrogen) atoms. The topological polar surface area (TPSA) is 49.6 Å². The number of hydrogen-bond acceptors (Lipinski definition) is 3. The Balaban J connectivity index is 4.95. The van der Waals surface area contributed by atoms with Gasteiger partial charge in [-0.1, -0.05) is 27.7 Å². The summed E-state index contributed by atoms with van der Waals surface area (Å²) in [6, 6.07) is 0. The lowest BCUT2D eigenvalue weighted by Gasteiger charge is -2.36. The zero-order chi connectivity index (χ0) is 15.1. The Morgan fingerprint density at radius 1 is 1.16 bits per heavy atom. The summed E-state index contributed by atoms with van der Waals surface area (Å²) in [7, 11) is 4.07. The Bertz CT molecular complexity index is 252. The summed E-state index contributed by atoms with van der Waals surface area (Å²) in [5.74, 6) is 0.714. The van der Waals surface area contributed by atoms with E-state index in [9.17, 15) is 4.79 Å². The highest BCUT2D eigenvalue weighted by Gasteiger charge is 2.36. The number of amides is 1.